The van der Waals surface area contributed by atoms with Crippen molar-refractivity contribution in [3.63, 3.8) is 0 Å². The number of carboxylic acid groups (broad SMARTS) is 1. The summed E-state index contributed by atoms with van der Waals surface area (Å²) in [5.41, 5.74) is 11.0. The number of aryl methyl sites for hydroxylation is 1. The normalized spacial score (nSPS) is 13.6. The molecular formula is C10H15N5O4. The van der Waals surface area contributed by atoms with Crippen molar-refractivity contribution in [2.75, 3.05) is 0 Å². The van der Waals surface area contributed by atoms with Crippen molar-refractivity contribution in [2.24, 2.45) is 18.5 Å². The highest BCUT2D eigenvalue weighted by molar-refractivity contribution is 5.90. The molecule has 6 N–H and O–H groups in total. The van der Waals surface area contributed by atoms with Gasteiger partial charge in [-0.25, -0.2) is 4.79 Å². The second kappa shape index (κ2) is 5.96. The first-order valence-electron chi connectivity index (χ1n) is 5.37. The summed E-state index contributed by atoms with van der Waals surface area (Å²) in [5, 5.41) is 14.9. The van der Waals surface area contributed by atoms with E-state index in [-0.39, 0.29) is 0 Å². The predicted molar refractivity (Wildman–Crippen MR) is 63.5 cm³/mol. The number of nitrogens with two attached hydrogens (primary N) is 2. The minimum Gasteiger partial charge on any atom is -0.480 e. The summed E-state index contributed by atoms with van der Waals surface area (Å²) in [6.45, 7) is 0. The van der Waals surface area contributed by atoms with E-state index in [1.54, 1.807) is 7.05 Å². The van der Waals surface area contributed by atoms with E-state index in [4.69, 9.17) is 16.6 Å². The van der Waals surface area contributed by atoms with E-state index in [2.05, 4.69) is 10.4 Å². The number of carboxylic acids is 1. The van der Waals surface area contributed by atoms with Gasteiger partial charge in [0.1, 0.15) is 12.1 Å². The third kappa shape index (κ3) is 4.07. The Morgan fingerprint density at radius 3 is 2.58 bits per heavy atom. The number of nitrogens with one attached hydrogen (secondary N) is 1. The van der Waals surface area contributed by atoms with Gasteiger partial charge in [-0.05, 0) is 0 Å². The van der Waals surface area contributed by atoms with Crippen LogP contribution in [0.2, 0.25) is 0 Å². The zero-order valence-electron chi connectivity index (χ0n) is 10.2. The van der Waals surface area contributed by atoms with Crippen molar-refractivity contribution in [3.8, 4) is 0 Å². The molecule has 2 amide bonds. The molecule has 2 atom stereocenters. The summed E-state index contributed by atoms with van der Waals surface area (Å²) in [7, 11) is 1.65. The maximum atomic E-state index is 11.8. The van der Waals surface area contributed by atoms with E-state index < -0.39 is 36.3 Å². The van der Waals surface area contributed by atoms with E-state index in [9.17, 15) is 14.4 Å². The van der Waals surface area contributed by atoms with Crippen LogP contribution >= 0.6 is 0 Å². The van der Waals surface area contributed by atoms with Crippen LogP contribution in [-0.2, 0) is 21.4 Å². The Morgan fingerprint density at radius 1 is 1.53 bits per heavy atom. The molecule has 0 radical (unpaired) electrons. The molecule has 0 aliphatic carbocycles. The highest BCUT2D eigenvalue weighted by Gasteiger charge is 2.26. The van der Waals surface area contributed by atoms with Crippen LogP contribution in [-0.4, -0.2) is 38.7 Å². The number of rotatable bonds is 6. The Bertz CT molecular complexity index is 498. The molecule has 1 rings (SSSR count). The summed E-state index contributed by atoms with van der Waals surface area (Å²) in [5.74, 6) is -2.91. The molecule has 104 valence electrons. The lowest BCUT2D eigenvalue weighted by atomic mass is 10.1. The molecule has 0 bridgehead atoms. The highest BCUT2D eigenvalue weighted by Crippen LogP contribution is 2.09. The number of amides is 2. The molecule has 9 nitrogen and oxygen atoms in total. The Hall–Kier alpha value is -2.42. The van der Waals surface area contributed by atoms with Gasteiger partial charge in [0.2, 0.25) is 11.8 Å². The third-order valence-corrected chi connectivity index (χ3v) is 2.39. The first-order chi connectivity index (χ1) is 8.81. The van der Waals surface area contributed by atoms with Gasteiger partial charge < -0.3 is 21.9 Å². The van der Waals surface area contributed by atoms with E-state index >= 15 is 0 Å². The van der Waals surface area contributed by atoms with E-state index in [1.807, 2.05) is 0 Å². The summed E-state index contributed by atoms with van der Waals surface area (Å²) in [6, 6.07) is -2.46. The molecule has 0 spiro atoms. The predicted octanol–water partition coefficient (Wildman–Crippen LogP) is -2.14. The highest BCUT2D eigenvalue weighted by atomic mass is 16.4. The Labute approximate surface area is 108 Å². The van der Waals surface area contributed by atoms with Crippen molar-refractivity contribution in [1.29, 1.82) is 0 Å². The molecule has 1 aromatic rings. The number of hydrogen-bond acceptors (Lipinski definition) is 5. The van der Waals surface area contributed by atoms with Gasteiger partial charge in [-0.15, -0.1) is 0 Å². The van der Waals surface area contributed by atoms with Crippen LogP contribution in [0.3, 0.4) is 0 Å². The Kier molecular flexibility index (Phi) is 4.59. The molecule has 0 aliphatic heterocycles. The molecular weight excluding hydrogens is 254 g/mol. The lowest BCUT2D eigenvalue weighted by molar-refractivity contribution is -0.143. The summed E-state index contributed by atoms with van der Waals surface area (Å²) >= 11 is 0. The molecule has 0 aromatic carbocycles. The minimum atomic E-state index is -1.40. The van der Waals surface area contributed by atoms with Gasteiger partial charge in [0.25, 0.3) is 0 Å². The number of carbonyl (C=O) groups is 3. The van der Waals surface area contributed by atoms with Gasteiger partial charge in [-0.1, -0.05) is 0 Å². The van der Waals surface area contributed by atoms with Crippen LogP contribution in [0.25, 0.3) is 0 Å². The van der Waals surface area contributed by atoms with Gasteiger partial charge >= 0.3 is 5.97 Å². The van der Waals surface area contributed by atoms with Gasteiger partial charge in [0.05, 0.1) is 12.6 Å². The molecule has 0 saturated carbocycles. The van der Waals surface area contributed by atoms with Gasteiger partial charge in [0.15, 0.2) is 0 Å². The average Bonchev–Trinajstić information content (AvgIpc) is 2.73. The van der Waals surface area contributed by atoms with Crippen molar-refractivity contribution >= 4 is 17.8 Å². The molecule has 0 saturated heterocycles. The fourth-order valence-electron chi connectivity index (χ4n) is 1.41. The number of aromatic nitrogens is 2. The number of aliphatic carboxylic acids is 1. The molecule has 9 heteroatoms. The number of nitrogens with zero attached hydrogens (tertiary/aromatic N) is 2. The second-order valence-corrected chi connectivity index (χ2v) is 3.99. The summed E-state index contributed by atoms with van der Waals surface area (Å²) in [4.78, 5) is 33.3. The first kappa shape index (κ1) is 14.6. The van der Waals surface area contributed by atoms with Crippen molar-refractivity contribution in [1.82, 2.24) is 15.1 Å². The van der Waals surface area contributed by atoms with E-state index in [0.29, 0.717) is 5.56 Å². The number of primary amides is 1. The van der Waals surface area contributed by atoms with Crippen LogP contribution < -0.4 is 16.8 Å². The molecule has 0 aliphatic rings. The average molecular weight is 269 g/mol. The second-order valence-electron chi connectivity index (χ2n) is 3.99. The summed E-state index contributed by atoms with van der Waals surface area (Å²) < 4.78 is 1.46. The van der Waals surface area contributed by atoms with E-state index in [1.165, 1.54) is 17.1 Å². The van der Waals surface area contributed by atoms with Gasteiger partial charge in [-0.2, -0.15) is 5.10 Å². The standard InChI is InChI=1S/C10H15N5O4/c1-15-4-5(3-13-15)8(12)9(17)14-6(10(18)19)2-7(11)16/h3-4,6,8H,2,12H2,1H3,(H2,11,16)(H,14,17)(H,18,19)/t6-,8?/m0/s1. The third-order valence-electron chi connectivity index (χ3n) is 2.39. The molecule has 1 heterocycles. The van der Waals surface area contributed by atoms with E-state index in [0.717, 1.165) is 0 Å². The number of hydrogen-bond donors (Lipinski definition) is 4. The zero-order chi connectivity index (χ0) is 14.6. The Morgan fingerprint density at radius 2 is 2.16 bits per heavy atom. The van der Waals surface area contributed by atoms with Crippen molar-refractivity contribution in [3.05, 3.63) is 18.0 Å². The maximum absolute atomic E-state index is 11.8. The summed E-state index contributed by atoms with van der Waals surface area (Å²) in [6.07, 6.45) is 2.43. The topological polar surface area (TPSA) is 153 Å². The van der Waals surface area contributed by atoms with Crippen LogP contribution in [0.1, 0.15) is 18.0 Å². The lowest BCUT2D eigenvalue weighted by Gasteiger charge is -2.15. The van der Waals surface area contributed by atoms with Gasteiger partial charge in [-0.3, -0.25) is 14.3 Å². The fraction of sp³-hybridized carbons (Fsp3) is 0.400. The molecule has 1 aromatic heterocycles. The number of carbonyl (C=O) groups excluding carboxylic acids is 2. The minimum absolute atomic E-state index is 0.434. The van der Waals surface area contributed by atoms with Crippen LogP contribution in [0.4, 0.5) is 0 Å². The molecule has 19 heavy (non-hydrogen) atoms. The SMILES string of the molecule is Cn1cc(C(N)C(=O)N[C@@H](CC(N)=O)C(=O)O)cn1. The molecule has 1 unspecified atom stereocenters. The Balaban J connectivity index is 2.71. The van der Waals surface area contributed by atoms with Crippen LogP contribution in [0.5, 0.6) is 0 Å². The lowest BCUT2D eigenvalue weighted by Crippen LogP contribution is -2.46. The van der Waals surface area contributed by atoms with Crippen molar-refractivity contribution in [2.45, 2.75) is 18.5 Å². The van der Waals surface area contributed by atoms with Crippen LogP contribution in [0, 0.1) is 0 Å². The first-order valence-corrected chi connectivity index (χ1v) is 5.37. The smallest absolute Gasteiger partial charge is 0.326 e. The molecule has 0 fully saturated rings. The monoisotopic (exact) mass is 269 g/mol. The largest absolute Gasteiger partial charge is 0.480 e. The zero-order valence-corrected chi connectivity index (χ0v) is 10.2. The quantitative estimate of drug-likeness (QED) is 0.462. The maximum Gasteiger partial charge on any atom is 0.326 e. The van der Waals surface area contributed by atoms with Gasteiger partial charge in [0, 0.05) is 18.8 Å². The van der Waals surface area contributed by atoms with Crippen LogP contribution in [0.15, 0.2) is 12.4 Å². The van der Waals surface area contributed by atoms with Crippen molar-refractivity contribution < 1.29 is 19.5 Å². The fourth-order valence-corrected chi connectivity index (χ4v) is 1.41.